The maximum atomic E-state index is 13.1. The van der Waals surface area contributed by atoms with Crippen molar-refractivity contribution >= 4 is 11.6 Å². The van der Waals surface area contributed by atoms with Gasteiger partial charge in [0, 0.05) is 24.2 Å². The Morgan fingerprint density at radius 3 is 2.61 bits per heavy atom. The molecule has 1 aliphatic carbocycles. The average molecular weight is 453 g/mol. The van der Waals surface area contributed by atoms with E-state index in [0.717, 1.165) is 42.5 Å². The Labute approximate surface area is 196 Å². The van der Waals surface area contributed by atoms with Gasteiger partial charge in [-0.3, -0.25) is 9.69 Å². The standard InChI is InChI=1S/C27H36N2O4/c1-18-8-10-22(19(2)15-18)28-25(30)17-29-14-13-27(31)12-6-5-7-21(27)26(29)20-9-11-23(32-3)24(16-20)33-4/h8-11,15-16,21,26,31H,5-7,12-14,17H2,1-4H3,(H,28,30)/t21-,26+,27+/m1/s1. The van der Waals surface area contributed by atoms with Crippen molar-refractivity contribution in [2.75, 3.05) is 32.6 Å². The van der Waals surface area contributed by atoms with Crippen molar-refractivity contribution in [2.45, 2.75) is 57.6 Å². The van der Waals surface area contributed by atoms with Gasteiger partial charge in [0.15, 0.2) is 11.5 Å². The van der Waals surface area contributed by atoms with Crippen molar-refractivity contribution < 1.29 is 19.4 Å². The fourth-order valence-corrected chi connectivity index (χ4v) is 5.73. The molecule has 2 aromatic carbocycles. The Hall–Kier alpha value is -2.57. The second kappa shape index (κ2) is 9.74. The van der Waals surface area contributed by atoms with Gasteiger partial charge in [0.1, 0.15) is 0 Å². The monoisotopic (exact) mass is 452 g/mol. The number of nitrogens with zero attached hydrogens (tertiary/aromatic N) is 1. The van der Waals surface area contributed by atoms with E-state index in [4.69, 9.17) is 9.47 Å². The predicted octanol–water partition coefficient (Wildman–Crippen LogP) is 4.63. The highest BCUT2D eigenvalue weighted by Crippen LogP contribution is 2.50. The minimum absolute atomic E-state index is 0.0336. The summed E-state index contributed by atoms with van der Waals surface area (Å²) in [7, 11) is 3.26. The highest BCUT2D eigenvalue weighted by Gasteiger charge is 2.49. The minimum Gasteiger partial charge on any atom is -0.493 e. The van der Waals surface area contributed by atoms with E-state index in [1.807, 2.05) is 44.2 Å². The molecular weight excluding hydrogens is 416 g/mol. The minimum atomic E-state index is -0.684. The molecule has 0 aromatic heterocycles. The molecule has 0 spiro atoms. The Kier molecular flexibility index (Phi) is 6.96. The summed E-state index contributed by atoms with van der Waals surface area (Å²) >= 11 is 0. The smallest absolute Gasteiger partial charge is 0.238 e. The Morgan fingerprint density at radius 1 is 1.09 bits per heavy atom. The average Bonchev–Trinajstić information content (AvgIpc) is 2.80. The third kappa shape index (κ3) is 4.87. The second-order valence-corrected chi connectivity index (χ2v) is 9.60. The molecule has 6 nitrogen and oxygen atoms in total. The molecule has 1 aliphatic heterocycles. The molecule has 2 aromatic rings. The zero-order chi connectivity index (χ0) is 23.6. The van der Waals surface area contributed by atoms with Crippen LogP contribution in [0.5, 0.6) is 11.5 Å². The first-order chi connectivity index (χ1) is 15.8. The molecule has 2 N–H and O–H groups in total. The number of anilines is 1. The van der Waals surface area contributed by atoms with E-state index in [-0.39, 0.29) is 24.4 Å². The van der Waals surface area contributed by atoms with Crippen LogP contribution in [-0.2, 0) is 4.79 Å². The van der Waals surface area contributed by atoms with Gasteiger partial charge in [0.25, 0.3) is 0 Å². The van der Waals surface area contributed by atoms with Gasteiger partial charge in [0.2, 0.25) is 5.91 Å². The van der Waals surface area contributed by atoms with E-state index in [1.54, 1.807) is 14.2 Å². The molecule has 0 unspecified atom stereocenters. The summed E-state index contributed by atoms with van der Waals surface area (Å²) in [5.41, 5.74) is 3.44. The molecule has 1 amide bonds. The number of hydrogen-bond acceptors (Lipinski definition) is 5. The third-order valence-corrected chi connectivity index (χ3v) is 7.42. The van der Waals surface area contributed by atoms with Crippen molar-refractivity contribution in [3.63, 3.8) is 0 Å². The van der Waals surface area contributed by atoms with E-state index in [1.165, 1.54) is 5.56 Å². The second-order valence-electron chi connectivity index (χ2n) is 9.60. The molecule has 3 atom stereocenters. The van der Waals surface area contributed by atoms with E-state index in [9.17, 15) is 9.90 Å². The highest BCUT2D eigenvalue weighted by atomic mass is 16.5. The zero-order valence-electron chi connectivity index (χ0n) is 20.2. The lowest BCUT2D eigenvalue weighted by Crippen LogP contribution is -2.56. The summed E-state index contributed by atoms with van der Waals surface area (Å²) in [6, 6.07) is 11.9. The van der Waals surface area contributed by atoms with Gasteiger partial charge in [-0.2, -0.15) is 0 Å². The third-order valence-electron chi connectivity index (χ3n) is 7.42. The molecule has 0 radical (unpaired) electrons. The first-order valence-electron chi connectivity index (χ1n) is 11.9. The van der Waals surface area contributed by atoms with Gasteiger partial charge < -0.3 is 19.9 Å². The van der Waals surface area contributed by atoms with Crippen LogP contribution in [-0.4, -0.2) is 48.8 Å². The number of piperidine rings is 1. The Balaban J connectivity index is 1.62. The number of amides is 1. The van der Waals surface area contributed by atoms with Crippen LogP contribution < -0.4 is 14.8 Å². The highest BCUT2D eigenvalue weighted by molar-refractivity contribution is 5.93. The normalized spacial score (nSPS) is 25.2. The van der Waals surface area contributed by atoms with Crippen molar-refractivity contribution in [3.05, 3.63) is 53.1 Å². The lowest BCUT2D eigenvalue weighted by molar-refractivity contribution is -0.135. The fraction of sp³-hybridized carbons (Fsp3) is 0.519. The number of carbonyl (C=O) groups excluding carboxylic acids is 1. The lowest BCUT2D eigenvalue weighted by Gasteiger charge is -2.52. The number of benzene rings is 2. The summed E-state index contributed by atoms with van der Waals surface area (Å²) in [4.78, 5) is 15.3. The van der Waals surface area contributed by atoms with Crippen molar-refractivity contribution in [2.24, 2.45) is 5.92 Å². The molecule has 1 heterocycles. The van der Waals surface area contributed by atoms with Gasteiger partial charge in [-0.15, -0.1) is 0 Å². The first kappa shape index (κ1) is 23.6. The SMILES string of the molecule is COc1ccc([C@H]2[C@H]3CCCC[C@]3(O)CCN2CC(=O)Nc2ccc(C)cc2C)cc1OC. The number of aliphatic hydroxyl groups is 1. The maximum absolute atomic E-state index is 13.1. The summed E-state index contributed by atoms with van der Waals surface area (Å²) < 4.78 is 11.0. The predicted molar refractivity (Wildman–Crippen MR) is 130 cm³/mol. The summed E-state index contributed by atoms with van der Waals surface area (Å²) in [5.74, 6) is 1.38. The van der Waals surface area contributed by atoms with Crippen LogP contribution in [0.2, 0.25) is 0 Å². The maximum Gasteiger partial charge on any atom is 0.238 e. The molecule has 178 valence electrons. The summed E-state index contributed by atoms with van der Waals surface area (Å²) in [5, 5.41) is 14.6. The quantitative estimate of drug-likeness (QED) is 0.669. The number of ether oxygens (including phenoxy) is 2. The largest absolute Gasteiger partial charge is 0.493 e. The molecular formula is C27H36N2O4. The van der Waals surface area contributed by atoms with Crippen LogP contribution in [0.1, 0.15) is 54.8 Å². The molecule has 1 saturated carbocycles. The topological polar surface area (TPSA) is 71.0 Å². The van der Waals surface area contributed by atoms with Crippen molar-refractivity contribution in [1.29, 1.82) is 0 Å². The number of hydrogen-bond donors (Lipinski definition) is 2. The van der Waals surface area contributed by atoms with E-state index in [0.29, 0.717) is 24.5 Å². The van der Waals surface area contributed by atoms with E-state index in [2.05, 4.69) is 16.3 Å². The Morgan fingerprint density at radius 2 is 1.88 bits per heavy atom. The number of rotatable bonds is 6. The zero-order valence-corrected chi connectivity index (χ0v) is 20.2. The molecule has 6 heteroatoms. The van der Waals surface area contributed by atoms with Crippen LogP contribution in [0.15, 0.2) is 36.4 Å². The lowest BCUT2D eigenvalue weighted by atomic mass is 9.66. The number of methoxy groups -OCH3 is 2. The van der Waals surface area contributed by atoms with Crippen LogP contribution in [0.25, 0.3) is 0 Å². The van der Waals surface area contributed by atoms with Crippen molar-refractivity contribution in [3.8, 4) is 11.5 Å². The van der Waals surface area contributed by atoms with Gasteiger partial charge in [-0.1, -0.05) is 36.6 Å². The summed E-state index contributed by atoms with van der Waals surface area (Å²) in [6.07, 6.45) is 4.62. The molecule has 0 bridgehead atoms. The van der Waals surface area contributed by atoms with Gasteiger partial charge in [-0.25, -0.2) is 0 Å². The number of nitrogens with one attached hydrogen (secondary N) is 1. The Bertz CT molecular complexity index is 1010. The van der Waals surface area contributed by atoms with Crippen LogP contribution in [0, 0.1) is 19.8 Å². The van der Waals surface area contributed by atoms with E-state index < -0.39 is 5.60 Å². The molecule has 1 saturated heterocycles. The molecule has 33 heavy (non-hydrogen) atoms. The van der Waals surface area contributed by atoms with Gasteiger partial charge >= 0.3 is 0 Å². The molecule has 2 aliphatic rings. The number of fused-ring (bicyclic) bond motifs is 1. The van der Waals surface area contributed by atoms with Crippen molar-refractivity contribution in [1.82, 2.24) is 4.90 Å². The fourth-order valence-electron chi connectivity index (χ4n) is 5.73. The van der Waals surface area contributed by atoms with Gasteiger partial charge in [0.05, 0.1) is 26.4 Å². The number of aryl methyl sites for hydroxylation is 2. The first-order valence-corrected chi connectivity index (χ1v) is 11.9. The van der Waals surface area contributed by atoms with Crippen LogP contribution >= 0.6 is 0 Å². The van der Waals surface area contributed by atoms with Gasteiger partial charge in [-0.05, 0) is 62.4 Å². The van der Waals surface area contributed by atoms with E-state index >= 15 is 0 Å². The van der Waals surface area contributed by atoms with Crippen LogP contribution in [0.4, 0.5) is 5.69 Å². The molecule has 4 rings (SSSR count). The summed E-state index contributed by atoms with van der Waals surface area (Å²) in [6.45, 7) is 5.01. The molecule has 2 fully saturated rings. The van der Waals surface area contributed by atoms with Crippen LogP contribution in [0.3, 0.4) is 0 Å². The number of likely N-dealkylation sites (tertiary alicyclic amines) is 1. The number of carbonyl (C=O) groups is 1.